The maximum Gasteiger partial charge on any atom is 0.126 e. The van der Waals surface area contributed by atoms with E-state index in [0.29, 0.717) is 17.2 Å². The van der Waals surface area contributed by atoms with Gasteiger partial charge in [-0.3, -0.25) is 0 Å². The van der Waals surface area contributed by atoms with Gasteiger partial charge in [0.05, 0.1) is 6.10 Å². The van der Waals surface area contributed by atoms with Gasteiger partial charge >= 0.3 is 0 Å². The zero-order valence-electron chi connectivity index (χ0n) is 11.4. The largest absolute Gasteiger partial charge is 0.389 e. The molecule has 1 saturated carbocycles. The quantitative estimate of drug-likeness (QED) is 0.887. The van der Waals surface area contributed by atoms with Gasteiger partial charge in [-0.15, -0.1) is 0 Å². The molecule has 0 unspecified atom stereocenters. The van der Waals surface area contributed by atoms with Crippen molar-refractivity contribution < 1.29 is 9.50 Å². The molecule has 100 valence electrons. The van der Waals surface area contributed by atoms with Gasteiger partial charge in [-0.1, -0.05) is 12.8 Å². The minimum Gasteiger partial charge on any atom is -0.389 e. The Morgan fingerprint density at radius 2 is 1.94 bits per heavy atom. The van der Waals surface area contributed by atoms with Crippen LogP contribution in [0, 0.1) is 12.7 Å². The molecule has 0 amide bonds. The van der Waals surface area contributed by atoms with Crippen molar-refractivity contribution in [1.29, 1.82) is 0 Å². The molecule has 18 heavy (non-hydrogen) atoms. The Morgan fingerprint density at radius 3 is 2.50 bits per heavy atom. The molecular formula is C15H22FNO. The van der Waals surface area contributed by atoms with Crippen LogP contribution in [0.15, 0.2) is 12.1 Å². The zero-order chi connectivity index (χ0) is 13.3. The van der Waals surface area contributed by atoms with Crippen LogP contribution in [0.25, 0.3) is 0 Å². The summed E-state index contributed by atoms with van der Waals surface area (Å²) in [5, 5.41) is 9.82. The van der Waals surface area contributed by atoms with Gasteiger partial charge in [0.25, 0.3) is 0 Å². The molecule has 0 heterocycles. The number of nitrogens with zero attached hydrogens (tertiary/aromatic N) is 1. The minimum atomic E-state index is -0.640. The Hall–Kier alpha value is -1.09. The van der Waals surface area contributed by atoms with Crippen LogP contribution < -0.4 is 4.90 Å². The third kappa shape index (κ3) is 2.51. The summed E-state index contributed by atoms with van der Waals surface area (Å²) in [6.07, 6.45) is 4.26. The fraction of sp³-hybridized carbons (Fsp3) is 0.600. The maximum absolute atomic E-state index is 13.6. The molecule has 3 heteroatoms. The monoisotopic (exact) mass is 251 g/mol. The number of rotatable bonds is 3. The molecule has 0 saturated heterocycles. The summed E-state index contributed by atoms with van der Waals surface area (Å²) in [5.41, 5.74) is 2.29. The Balaban J connectivity index is 2.38. The number of benzene rings is 1. The summed E-state index contributed by atoms with van der Waals surface area (Å²) < 4.78 is 13.6. The van der Waals surface area contributed by atoms with E-state index in [-0.39, 0.29) is 5.82 Å². The molecule has 1 aliphatic carbocycles. The van der Waals surface area contributed by atoms with E-state index in [4.69, 9.17) is 0 Å². The van der Waals surface area contributed by atoms with Gasteiger partial charge in [0, 0.05) is 24.3 Å². The van der Waals surface area contributed by atoms with Crippen molar-refractivity contribution >= 4 is 5.69 Å². The summed E-state index contributed by atoms with van der Waals surface area (Å²) in [4.78, 5) is 2.21. The molecular weight excluding hydrogens is 229 g/mol. The van der Waals surface area contributed by atoms with Gasteiger partial charge in [0.15, 0.2) is 0 Å². The average molecular weight is 251 g/mol. The van der Waals surface area contributed by atoms with E-state index in [1.807, 2.05) is 6.07 Å². The Bertz CT molecular complexity index is 425. The van der Waals surface area contributed by atoms with Crippen molar-refractivity contribution in [2.45, 2.75) is 51.7 Å². The van der Waals surface area contributed by atoms with Crippen LogP contribution in [0.1, 0.15) is 49.8 Å². The SMILES string of the molecule is Cc1cc(N(C)C2CCCC2)c([C@@H](C)O)cc1F. The number of aliphatic hydroxyl groups is 1. The maximum atomic E-state index is 13.6. The molecule has 2 nitrogen and oxygen atoms in total. The molecule has 1 fully saturated rings. The van der Waals surface area contributed by atoms with Crippen molar-refractivity contribution in [2.24, 2.45) is 0 Å². The lowest BCUT2D eigenvalue weighted by Crippen LogP contribution is -2.30. The van der Waals surface area contributed by atoms with E-state index in [2.05, 4.69) is 11.9 Å². The third-order valence-electron chi connectivity index (χ3n) is 4.01. The number of aliphatic hydroxyl groups excluding tert-OH is 1. The van der Waals surface area contributed by atoms with Crippen molar-refractivity contribution in [3.05, 3.63) is 29.1 Å². The van der Waals surface area contributed by atoms with Crippen molar-refractivity contribution in [1.82, 2.24) is 0 Å². The smallest absolute Gasteiger partial charge is 0.126 e. The summed E-state index contributed by atoms with van der Waals surface area (Å²) in [5.74, 6) is -0.241. The van der Waals surface area contributed by atoms with Gasteiger partial charge < -0.3 is 10.0 Å². The van der Waals surface area contributed by atoms with E-state index in [1.165, 1.54) is 31.7 Å². The average Bonchev–Trinajstić information content (AvgIpc) is 2.84. The standard InChI is InChI=1S/C15H22FNO/c1-10-8-15(13(11(2)18)9-14(10)16)17(3)12-6-4-5-7-12/h8-9,11-12,18H,4-7H2,1-3H3/t11-/m1/s1. The molecule has 1 aromatic carbocycles. The fourth-order valence-electron chi connectivity index (χ4n) is 2.81. The van der Waals surface area contributed by atoms with Gasteiger partial charge in [0.2, 0.25) is 0 Å². The first-order chi connectivity index (χ1) is 8.50. The summed E-state index contributed by atoms with van der Waals surface area (Å²) in [6, 6.07) is 3.85. The number of anilines is 1. The summed E-state index contributed by atoms with van der Waals surface area (Å²) >= 11 is 0. The van der Waals surface area contributed by atoms with E-state index in [1.54, 1.807) is 13.8 Å². The highest BCUT2D eigenvalue weighted by atomic mass is 19.1. The van der Waals surface area contributed by atoms with Crippen LogP contribution >= 0.6 is 0 Å². The Morgan fingerprint density at radius 1 is 1.33 bits per heavy atom. The second-order valence-electron chi connectivity index (χ2n) is 5.39. The van der Waals surface area contributed by atoms with Gasteiger partial charge in [-0.2, -0.15) is 0 Å². The molecule has 1 atom stereocenters. The van der Waals surface area contributed by atoms with Crippen LogP contribution in [-0.4, -0.2) is 18.2 Å². The second-order valence-corrected chi connectivity index (χ2v) is 5.39. The third-order valence-corrected chi connectivity index (χ3v) is 4.01. The van der Waals surface area contributed by atoms with Gasteiger partial charge in [0.1, 0.15) is 5.82 Å². The number of hydrogen-bond acceptors (Lipinski definition) is 2. The van der Waals surface area contributed by atoms with E-state index in [0.717, 1.165) is 5.69 Å². The molecule has 0 spiro atoms. The second kappa shape index (κ2) is 5.27. The molecule has 0 aromatic heterocycles. The lowest BCUT2D eigenvalue weighted by molar-refractivity contribution is 0.199. The van der Waals surface area contributed by atoms with Gasteiger partial charge in [-0.25, -0.2) is 4.39 Å². The first-order valence-corrected chi connectivity index (χ1v) is 6.71. The van der Waals surface area contributed by atoms with E-state index < -0.39 is 6.10 Å². The van der Waals surface area contributed by atoms with E-state index in [9.17, 15) is 9.50 Å². The normalized spacial score (nSPS) is 18.1. The van der Waals surface area contributed by atoms with Crippen molar-refractivity contribution in [3.63, 3.8) is 0 Å². The van der Waals surface area contributed by atoms with Crippen molar-refractivity contribution in [2.75, 3.05) is 11.9 Å². The van der Waals surface area contributed by atoms with Crippen LogP contribution in [-0.2, 0) is 0 Å². The number of halogens is 1. The highest BCUT2D eigenvalue weighted by Crippen LogP contribution is 2.33. The van der Waals surface area contributed by atoms with Crippen molar-refractivity contribution in [3.8, 4) is 0 Å². The fourth-order valence-corrected chi connectivity index (χ4v) is 2.81. The summed E-state index contributed by atoms with van der Waals surface area (Å²) in [7, 11) is 2.05. The lowest BCUT2D eigenvalue weighted by atomic mass is 10.0. The van der Waals surface area contributed by atoms with Crippen LogP contribution in [0.2, 0.25) is 0 Å². The highest BCUT2D eigenvalue weighted by molar-refractivity contribution is 5.57. The first-order valence-electron chi connectivity index (χ1n) is 6.71. The van der Waals surface area contributed by atoms with Crippen LogP contribution in [0.4, 0.5) is 10.1 Å². The molecule has 1 aliphatic rings. The molecule has 0 aliphatic heterocycles. The number of hydrogen-bond donors (Lipinski definition) is 1. The summed E-state index contributed by atoms with van der Waals surface area (Å²) in [6.45, 7) is 3.46. The Labute approximate surface area is 108 Å². The molecule has 1 aromatic rings. The predicted octanol–water partition coefficient (Wildman–Crippen LogP) is 3.57. The van der Waals surface area contributed by atoms with Crippen LogP contribution in [0.5, 0.6) is 0 Å². The zero-order valence-corrected chi connectivity index (χ0v) is 11.4. The lowest BCUT2D eigenvalue weighted by Gasteiger charge is -2.30. The van der Waals surface area contributed by atoms with Gasteiger partial charge in [-0.05, 0) is 44.4 Å². The van der Waals surface area contributed by atoms with E-state index >= 15 is 0 Å². The van der Waals surface area contributed by atoms with Crippen LogP contribution in [0.3, 0.4) is 0 Å². The topological polar surface area (TPSA) is 23.5 Å². The first kappa shape index (κ1) is 13.3. The minimum absolute atomic E-state index is 0.241. The molecule has 2 rings (SSSR count). The molecule has 1 N–H and O–H groups in total. The Kier molecular flexibility index (Phi) is 3.91. The predicted molar refractivity (Wildman–Crippen MR) is 72.4 cm³/mol. The highest BCUT2D eigenvalue weighted by Gasteiger charge is 2.23. The molecule has 0 bridgehead atoms. The molecule has 0 radical (unpaired) electrons. The number of aryl methyl sites for hydroxylation is 1.